The van der Waals surface area contributed by atoms with Crippen molar-refractivity contribution >= 4 is 23.2 Å². The van der Waals surface area contributed by atoms with Crippen LogP contribution in [-0.4, -0.2) is 25.5 Å². The van der Waals surface area contributed by atoms with Gasteiger partial charge in [-0.05, 0) is 49.2 Å². The molecule has 134 valence electrons. The number of thiophene rings is 1. The van der Waals surface area contributed by atoms with Crippen LogP contribution in [0.25, 0.3) is 0 Å². The molecule has 0 unspecified atom stereocenters. The molecule has 25 heavy (non-hydrogen) atoms. The second-order valence-electron chi connectivity index (χ2n) is 5.35. The van der Waals surface area contributed by atoms with Gasteiger partial charge in [0.2, 0.25) is 5.91 Å². The second-order valence-corrected chi connectivity index (χ2v) is 6.48. The molecule has 1 aromatic heterocycles. The summed E-state index contributed by atoms with van der Waals surface area (Å²) in [6, 6.07) is 8.93. The minimum absolute atomic E-state index is 0.135. The first-order valence-corrected chi connectivity index (χ1v) is 8.80. The van der Waals surface area contributed by atoms with Crippen molar-refractivity contribution in [2.24, 2.45) is 0 Å². The normalized spacial score (nSPS) is 10.2. The summed E-state index contributed by atoms with van der Waals surface area (Å²) in [5.41, 5.74) is 5.92. The van der Waals surface area contributed by atoms with Gasteiger partial charge in [0.1, 0.15) is 11.5 Å². The van der Waals surface area contributed by atoms with Crippen LogP contribution in [0.2, 0.25) is 0 Å². The smallest absolute Gasteiger partial charge is 0.279 e. The molecule has 0 radical (unpaired) electrons. The van der Waals surface area contributed by atoms with Crippen LogP contribution in [0, 0.1) is 6.92 Å². The Hall–Kier alpha value is -2.54. The molecule has 1 heterocycles. The zero-order valence-electron chi connectivity index (χ0n) is 14.5. The minimum Gasteiger partial charge on any atom is -0.497 e. The first kappa shape index (κ1) is 18.8. The predicted octanol–water partition coefficient (Wildman–Crippen LogP) is 2.86. The maximum atomic E-state index is 12.0. The lowest BCUT2D eigenvalue weighted by Crippen LogP contribution is -2.41. The molecule has 1 aromatic carbocycles. The molecule has 2 rings (SSSR count). The third-order valence-electron chi connectivity index (χ3n) is 3.54. The number of ether oxygens (including phenoxy) is 2. The number of hydrogen-bond donors (Lipinski definition) is 2. The van der Waals surface area contributed by atoms with E-state index in [4.69, 9.17) is 9.47 Å². The van der Waals surface area contributed by atoms with Gasteiger partial charge in [0, 0.05) is 4.88 Å². The van der Waals surface area contributed by atoms with E-state index in [2.05, 4.69) is 10.9 Å². The van der Waals surface area contributed by atoms with Crippen LogP contribution in [0.5, 0.6) is 11.5 Å². The molecule has 0 aliphatic carbocycles. The SMILES string of the molecule is CCc1sc(C(=O)NNC(=O)CCOc2ccc(OC)cc2)cc1C. The third kappa shape index (κ3) is 5.49. The Morgan fingerprint density at radius 1 is 1.12 bits per heavy atom. The van der Waals surface area contributed by atoms with Crippen LogP contribution < -0.4 is 20.3 Å². The van der Waals surface area contributed by atoms with Gasteiger partial charge in [-0.3, -0.25) is 20.4 Å². The number of carbonyl (C=O) groups is 2. The number of carbonyl (C=O) groups excluding carboxylic acids is 2. The second kappa shape index (κ2) is 9.08. The molecule has 2 aromatic rings. The van der Waals surface area contributed by atoms with Gasteiger partial charge in [-0.25, -0.2) is 0 Å². The number of hydrogen-bond acceptors (Lipinski definition) is 5. The lowest BCUT2D eigenvalue weighted by atomic mass is 10.2. The first-order valence-electron chi connectivity index (χ1n) is 7.98. The summed E-state index contributed by atoms with van der Waals surface area (Å²) in [4.78, 5) is 25.6. The summed E-state index contributed by atoms with van der Waals surface area (Å²) in [5.74, 6) is 0.768. The molecule has 0 aliphatic heterocycles. The maximum Gasteiger partial charge on any atom is 0.279 e. The van der Waals surface area contributed by atoms with Crippen LogP contribution in [0.15, 0.2) is 30.3 Å². The zero-order chi connectivity index (χ0) is 18.2. The van der Waals surface area contributed by atoms with Crippen molar-refractivity contribution in [2.75, 3.05) is 13.7 Å². The summed E-state index contributed by atoms with van der Waals surface area (Å²) < 4.78 is 10.5. The van der Waals surface area contributed by atoms with E-state index in [0.29, 0.717) is 10.6 Å². The Labute approximate surface area is 151 Å². The highest BCUT2D eigenvalue weighted by atomic mass is 32.1. The standard InChI is InChI=1S/C18H22N2O4S/c1-4-15-12(2)11-16(25-15)18(22)20-19-17(21)9-10-24-14-7-5-13(23-3)6-8-14/h5-8,11H,4,9-10H2,1-3H3,(H,19,21)(H,20,22). The number of aryl methyl sites for hydroxylation is 2. The average molecular weight is 362 g/mol. The van der Waals surface area contributed by atoms with Gasteiger partial charge in [0.15, 0.2) is 0 Å². The van der Waals surface area contributed by atoms with Crippen LogP contribution >= 0.6 is 11.3 Å². The van der Waals surface area contributed by atoms with Gasteiger partial charge < -0.3 is 9.47 Å². The largest absolute Gasteiger partial charge is 0.497 e. The van der Waals surface area contributed by atoms with E-state index in [0.717, 1.165) is 17.7 Å². The van der Waals surface area contributed by atoms with E-state index in [9.17, 15) is 9.59 Å². The van der Waals surface area contributed by atoms with Crippen molar-refractivity contribution in [3.63, 3.8) is 0 Å². The highest BCUT2D eigenvalue weighted by molar-refractivity contribution is 7.14. The van der Waals surface area contributed by atoms with Gasteiger partial charge in [-0.2, -0.15) is 0 Å². The number of benzene rings is 1. The van der Waals surface area contributed by atoms with E-state index >= 15 is 0 Å². The quantitative estimate of drug-likeness (QED) is 0.743. The third-order valence-corrected chi connectivity index (χ3v) is 4.92. The molecule has 2 N–H and O–H groups in total. The first-order chi connectivity index (χ1) is 12.0. The van der Waals surface area contributed by atoms with Gasteiger partial charge >= 0.3 is 0 Å². The average Bonchev–Trinajstić information content (AvgIpc) is 3.01. The van der Waals surface area contributed by atoms with Crippen molar-refractivity contribution in [3.8, 4) is 11.5 Å². The van der Waals surface area contributed by atoms with E-state index in [-0.39, 0.29) is 24.8 Å². The predicted molar refractivity (Wildman–Crippen MR) is 97.1 cm³/mol. The van der Waals surface area contributed by atoms with Crippen LogP contribution in [0.3, 0.4) is 0 Å². The molecule has 0 fully saturated rings. The Morgan fingerprint density at radius 2 is 1.80 bits per heavy atom. The van der Waals surface area contributed by atoms with Crippen molar-refractivity contribution < 1.29 is 19.1 Å². The van der Waals surface area contributed by atoms with Gasteiger partial charge in [-0.1, -0.05) is 6.92 Å². The van der Waals surface area contributed by atoms with E-state index in [1.165, 1.54) is 16.2 Å². The summed E-state index contributed by atoms with van der Waals surface area (Å²) in [5, 5.41) is 0. The lowest BCUT2D eigenvalue weighted by molar-refractivity contribution is -0.122. The Kier molecular flexibility index (Phi) is 6.82. The zero-order valence-corrected chi connectivity index (χ0v) is 15.4. The maximum absolute atomic E-state index is 12.0. The van der Waals surface area contributed by atoms with Crippen molar-refractivity contribution in [1.82, 2.24) is 10.9 Å². The van der Waals surface area contributed by atoms with Crippen molar-refractivity contribution in [3.05, 3.63) is 45.6 Å². The fraction of sp³-hybridized carbons (Fsp3) is 0.333. The van der Waals surface area contributed by atoms with Crippen LogP contribution in [-0.2, 0) is 11.2 Å². The molecular formula is C18H22N2O4S. The van der Waals surface area contributed by atoms with E-state index in [1.54, 1.807) is 31.4 Å². The summed E-state index contributed by atoms with van der Waals surface area (Å²) in [6.07, 6.45) is 1.02. The summed E-state index contributed by atoms with van der Waals surface area (Å²) in [7, 11) is 1.59. The van der Waals surface area contributed by atoms with E-state index in [1.807, 2.05) is 19.9 Å². The number of hydrazine groups is 1. The minimum atomic E-state index is -0.314. The number of nitrogens with one attached hydrogen (secondary N) is 2. The van der Waals surface area contributed by atoms with Gasteiger partial charge in [0.25, 0.3) is 5.91 Å². The molecule has 0 saturated heterocycles. The number of amides is 2. The summed E-state index contributed by atoms with van der Waals surface area (Å²) in [6.45, 7) is 4.23. The molecule has 7 heteroatoms. The van der Waals surface area contributed by atoms with Gasteiger partial charge in [0.05, 0.1) is 25.0 Å². The van der Waals surface area contributed by atoms with Crippen LogP contribution in [0.4, 0.5) is 0 Å². The monoisotopic (exact) mass is 362 g/mol. The molecule has 0 saturated carbocycles. The molecular weight excluding hydrogens is 340 g/mol. The molecule has 0 spiro atoms. The van der Waals surface area contributed by atoms with Crippen LogP contribution in [0.1, 0.15) is 33.5 Å². The molecule has 0 atom stereocenters. The van der Waals surface area contributed by atoms with Crippen molar-refractivity contribution in [1.29, 1.82) is 0 Å². The lowest BCUT2D eigenvalue weighted by Gasteiger charge is -2.08. The highest BCUT2D eigenvalue weighted by Gasteiger charge is 2.12. The van der Waals surface area contributed by atoms with E-state index < -0.39 is 0 Å². The number of rotatable bonds is 7. The van der Waals surface area contributed by atoms with Crippen molar-refractivity contribution in [2.45, 2.75) is 26.7 Å². The molecule has 2 amide bonds. The topological polar surface area (TPSA) is 76.7 Å². The fourth-order valence-electron chi connectivity index (χ4n) is 2.17. The highest BCUT2D eigenvalue weighted by Crippen LogP contribution is 2.22. The molecule has 6 nitrogen and oxygen atoms in total. The Bertz CT molecular complexity index is 725. The molecule has 0 aliphatic rings. The number of methoxy groups -OCH3 is 1. The Balaban J connectivity index is 1.71. The Morgan fingerprint density at radius 3 is 2.40 bits per heavy atom. The molecule has 0 bridgehead atoms. The van der Waals surface area contributed by atoms with Gasteiger partial charge in [-0.15, -0.1) is 11.3 Å². The summed E-state index contributed by atoms with van der Waals surface area (Å²) >= 11 is 1.44. The fourth-order valence-corrected chi connectivity index (χ4v) is 3.18.